The third-order valence-corrected chi connectivity index (χ3v) is 13.2. The van der Waals surface area contributed by atoms with Crippen LogP contribution in [0, 0.1) is 0 Å². The third-order valence-electron chi connectivity index (χ3n) is 13.2. The lowest BCUT2D eigenvalue weighted by atomic mass is 10.0. The Bertz CT molecular complexity index is 997. The zero-order chi connectivity index (χ0) is 46.5. The predicted molar refractivity (Wildman–Crippen MR) is 278 cm³/mol. The summed E-state index contributed by atoms with van der Waals surface area (Å²) in [6, 6.07) is -0.639. The quantitative estimate of drug-likeness (QED) is 0.0321. The SMILES string of the molecule is CCCCCCCCCCCCCCC/C=C/C(O)C(CO)NC(=O)CCCCCCC/C=C\CCCCCCCCCOC(=O)CCCCCCCCCCCCCCCCCC. The number of aliphatic hydroxyl groups is 2. The second-order valence-electron chi connectivity index (χ2n) is 19.6. The average molecular weight is 903 g/mol. The molecule has 0 aliphatic heterocycles. The molecule has 3 N–H and O–H groups in total. The number of nitrogens with one attached hydrogen (secondary N) is 1. The van der Waals surface area contributed by atoms with E-state index in [0.717, 1.165) is 64.2 Å². The van der Waals surface area contributed by atoms with E-state index in [-0.39, 0.29) is 18.5 Å². The minimum atomic E-state index is -0.854. The normalized spacial score (nSPS) is 12.8. The lowest BCUT2D eigenvalue weighted by molar-refractivity contribution is -0.143. The minimum Gasteiger partial charge on any atom is -0.466 e. The van der Waals surface area contributed by atoms with Crippen molar-refractivity contribution in [2.24, 2.45) is 0 Å². The number of allylic oxidation sites excluding steroid dienone is 3. The zero-order valence-corrected chi connectivity index (χ0v) is 43.0. The van der Waals surface area contributed by atoms with Crippen molar-refractivity contribution in [3.8, 4) is 0 Å². The first-order valence-electron chi connectivity index (χ1n) is 28.6. The molecule has 0 bridgehead atoms. The average Bonchev–Trinajstić information content (AvgIpc) is 3.29. The van der Waals surface area contributed by atoms with Gasteiger partial charge in [0.25, 0.3) is 0 Å². The number of ether oxygens (including phenoxy) is 1. The zero-order valence-electron chi connectivity index (χ0n) is 43.0. The highest BCUT2D eigenvalue weighted by atomic mass is 16.5. The molecule has 0 heterocycles. The van der Waals surface area contributed by atoms with Gasteiger partial charge in [0, 0.05) is 12.8 Å². The molecule has 0 aliphatic rings. The smallest absolute Gasteiger partial charge is 0.305 e. The number of unbranched alkanes of at least 4 members (excludes halogenated alkanes) is 40. The van der Waals surface area contributed by atoms with Crippen LogP contribution in [-0.4, -0.2) is 47.4 Å². The molecule has 64 heavy (non-hydrogen) atoms. The van der Waals surface area contributed by atoms with Crippen LogP contribution in [0.15, 0.2) is 24.3 Å². The van der Waals surface area contributed by atoms with Crippen LogP contribution < -0.4 is 5.32 Å². The molecule has 0 aromatic heterocycles. The van der Waals surface area contributed by atoms with Gasteiger partial charge >= 0.3 is 5.97 Å². The van der Waals surface area contributed by atoms with Gasteiger partial charge in [0.1, 0.15) is 0 Å². The fourth-order valence-corrected chi connectivity index (χ4v) is 8.81. The van der Waals surface area contributed by atoms with Crippen molar-refractivity contribution >= 4 is 11.9 Å². The Morgan fingerprint density at radius 2 is 0.734 bits per heavy atom. The summed E-state index contributed by atoms with van der Waals surface area (Å²) in [4.78, 5) is 24.5. The number of aliphatic hydroxyl groups excluding tert-OH is 2. The molecule has 6 heteroatoms. The first-order valence-corrected chi connectivity index (χ1v) is 28.6. The molecule has 0 fully saturated rings. The maximum absolute atomic E-state index is 12.4. The molecule has 0 spiro atoms. The molecule has 378 valence electrons. The van der Waals surface area contributed by atoms with E-state index < -0.39 is 12.1 Å². The number of esters is 1. The Hall–Kier alpha value is -1.66. The Kier molecular flexibility index (Phi) is 52.6. The van der Waals surface area contributed by atoms with Gasteiger partial charge < -0.3 is 20.3 Å². The molecule has 0 saturated heterocycles. The largest absolute Gasteiger partial charge is 0.466 e. The van der Waals surface area contributed by atoms with Crippen LogP contribution in [0.2, 0.25) is 0 Å². The van der Waals surface area contributed by atoms with Gasteiger partial charge in [-0.15, -0.1) is 0 Å². The summed E-state index contributed by atoms with van der Waals surface area (Å²) in [5, 5.41) is 23.1. The lowest BCUT2D eigenvalue weighted by Gasteiger charge is -2.20. The molecule has 6 nitrogen and oxygen atoms in total. The summed E-state index contributed by atoms with van der Waals surface area (Å²) in [6.07, 6.45) is 64.8. The van der Waals surface area contributed by atoms with Crippen LogP contribution in [0.25, 0.3) is 0 Å². The van der Waals surface area contributed by atoms with Crippen LogP contribution in [0.3, 0.4) is 0 Å². The first-order chi connectivity index (χ1) is 31.5. The fourth-order valence-electron chi connectivity index (χ4n) is 8.81. The van der Waals surface area contributed by atoms with E-state index >= 15 is 0 Å². The molecular formula is C58H111NO5. The van der Waals surface area contributed by atoms with E-state index in [4.69, 9.17) is 4.74 Å². The van der Waals surface area contributed by atoms with Crippen molar-refractivity contribution in [2.75, 3.05) is 13.2 Å². The first kappa shape index (κ1) is 62.3. The van der Waals surface area contributed by atoms with Crippen molar-refractivity contribution in [3.63, 3.8) is 0 Å². The highest BCUT2D eigenvalue weighted by molar-refractivity contribution is 5.76. The fraction of sp³-hybridized carbons (Fsp3) is 0.897. The number of hydrogen-bond donors (Lipinski definition) is 3. The molecule has 0 aromatic rings. The van der Waals surface area contributed by atoms with Crippen LogP contribution in [0.4, 0.5) is 0 Å². The maximum atomic E-state index is 12.4. The Morgan fingerprint density at radius 3 is 1.11 bits per heavy atom. The molecular weight excluding hydrogens is 791 g/mol. The van der Waals surface area contributed by atoms with E-state index in [1.807, 2.05) is 6.08 Å². The predicted octanol–water partition coefficient (Wildman–Crippen LogP) is 17.5. The van der Waals surface area contributed by atoms with Crippen LogP contribution in [0.5, 0.6) is 0 Å². The van der Waals surface area contributed by atoms with Crippen molar-refractivity contribution in [1.82, 2.24) is 5.32 Å². The van der Waals surface area contributed by atoms with Crippen molar-refractivity contribution in [3.05, 3.63) is 24.3 Å². The van der Waals surface area contributed by atoms with E-state index in [1.54, 1.807) is 6.08 Å². The standard InChI is InChI=1S/C58H111NO5/c1-3-5-7-9-11-13-15-17-19-24-28-32-36-40-44-48-52-58(63)64-53-49-45-41-37-33-29-25-21-20-23-27-31-35-39-43-47-51-57(62)59-55(54-60)56(61)50-46-42-38-34-30-26-22-18-16-14-12-10-8-6-4-2/h20,23,46,50,55-56,60-61H,3-19,21-22,24-45,47-49,51-54H2,1-2H3,(H,59,62)/b23-20-,50-46+. The molecule has 1 amide bonds. The molecule has 0 aliphatic carbocycles. The summed E-state index contributed by atoms with van der Waals surface area (Å²) in [6.45, 7) is 4.89. The van der Waals surface area contributed by atoms with Crippen molar-refractivity contribution in [1.29, 1.82) is 0 Å². The second kappa shape index (κ2) is 54.0. The number of carbonyl (C=O) groups excluding carboxylic acids is 2. The van der Waals surface area contributed by atoms with Gasteiger partial charge in [-0.1, -0.05) is 263 Å². The van der Waals surface area contributed by atoms with Gasteiger partial charge in [-0.25, -0.2) is 0 Å². The molecule has 0 aromatic carbocycles. The van der Waals surface area contributed by atoms with E-state index in [1.165, 1.54) is 218 Å². The number of amides is 1. The summed E-state index contributed by atoms with van der Waals surface area (Å²) >= 11 is 0. The highest BCUT2D eigenvalue weighted by Gasteiger charge is 2.18. The summed E-state index contributed by atoms with van der Waals surface area (Å²) in [5.74, 6) is -0.0842. The Morgan fingerprint density at radius 1 is 0.422 bits per heavy atom. The van der Waals surface area contributed by atoms with Gasteiger partial charge in [0.15, 0.2) is 0 Å². The third kappa shape index (κ3) is 49.8. The minimum absolute atomic E-state index is 0.000339. The maximum Gasteiger partial charge on any atom is 0.305 e. The second-order valence-corrected chi connectivity index (χ2v) is 19.6. The molecule has 0 radical (unpaired) electrons. The van der Waals surface area contributed by atoms with Crippen LogP contribution in [-0.2, 0) is 14.3 Å². The molecule has 2 atom stereocenters. The van der Waals surface area contributed by atoms with Crippen LogP contribution >= 0.6 is 0 Å². The summed E-state index contributed by atoms with van der Waals surface area (Å²) in [5.41, 5.74) is 0. The van der Waals surface area contributed by atoms with Crippen molar-refractivity contribution in [2.45, 2.75) is 321 Å². The lowest BCUT2D eigenvalue weighted by Crippen LogP contribution is -2.45. The van der Waals surface area contributed by atoms with E-state index in [2.05, 4.69) is 31.3 Å². The molecule has 2 unspecified atom stereocenters. The molecule has 0 rings (SSSR count). The number of carbonyl (C=O) groups is 2. The number of hydrogen-bond acceptors (Lipinski definition) is 5. The number of rotatable bonds is 53. The van der Waals surface area contributed by atoms with E-state index in [9.17, 15) is 19.8 Å². The summed E-state index contributed by atoms with van der Waals surface area (Å²) < 4.78 is 5.48. The van der Waals surface area contributed by atoms with E-state index in [0.29, 0.717) is 19.4 Å². The van der Waals surface area contributed by atoms with Gasteiger partial charge in [0.05, 0.1) is 25.4 Å². The van der Waals surface area contributed by atoms with Gasteiger partial charge in [-0.2, -0.15) is 0 Å². The van der Waals surface area contributed by atoms with Gasteiger partial charge in [-0.05, 0) is 57.8 Å². The monoisotopic (exact) mass is 902 g/mol. The van der Waals surface area contributed by atoms with Gasteiger partial charge in [0.2, 0.25) is 5.91 Å². The topological polar surface area (TPSA) is 95.9 Å². The highest BCUT2D eigenvalue weighted by Crippen LogP contribution is 2.17. The summed E-state index contributed by atoms with van der Waals surface area (Å²) in [7, 11) is 0. The van der Waals surface area contributed by atoms with Gasteiger partial charge in [-0.3, -0.25) is 9.59 Å². The Balaban J connectivity index is 3.47. The van der Waals surface area contributed by atoms with Crippen molar-refractivity contribution < 1.29 is 24.5 Å². The molecule has 0 saturated carbocycles. The van der Waals surface area contributed by atoms with Crippen LogP contribution in [0.1, 0.15) is 309 Å². The Labute approximate surface area is 399 Å².